The number of aromatic nitrogens is 2. The van der Waals surface area contributed by atoms with Gasteiger partial charge < -0.3 is 15.4 Å². The minimum absolute atomic E-state index is 0.0993. The van der Waals surface area contributed by atoms with Crippen LogP contribution < -0.4 is 10.6 Å². The van der Waals surface area contributed by atoms with Crippen LogP contribution in [0.3, 0.4) is 0 Å². The van der Waals surface area contributed by atoms with Gasteiger partial charge in [0.2, 0.25) is 11.8 Å². The van der Waals surface area contributed by atoms with Gasteiger partial charge in [-0.2, -0.15) is 0 Å². The van der Waals surface area contributed by atoms with Gasteiger partial charge in [0.15, 0.2) is 5.82 Å². The second-order valence-corrected chi connectivity index (χ2v) is 7.61. The molecular weight excluding hydrogens is 392 g/mol. The molecule has 0 radical (unpaired) electrons. The van der Waals surface area contributed by atoms with E-state index < -0.39 is 0 Å². The average Bonchev–Trinajstić information content (AvgIpc) is 3.41. The van der Waals surface area contributed by atoms with Crippen molar-refractivity contribution in [2.75, 3.05) is 18.5 Å². The van der Waals surface area contributed by atoms with Gasteiger partial charge in [0.05, 0.1) is 23.9 Å². The summed E-state index contributed by atoms with van der Waals surface area (Å²) in [6, 6.07) is 19.8. The maximum Gasteiger partial charge on any atom is 0.230 e. The van der Waals surface area contributed by atoms with Gasteiger partial charge in [-0.3, -0.25) is 9.59 Å². The highest BCUT2D eigenvalue weighted by Gasteiger charge is 2.28. The number of carbonyl (C=O) groups is 2. The van der Waals surface area contributed by atoms with Crippen LogP contribution in [0, 0.1) is 5.92 Å². The molecule has 160 valence electrons. The first-order valence-electron chi connectivity index (χ1n) is 10.5. The summed E-state index contributed by atoms with van der Waals surface area (Å²) in [5.41, 5.74) is 3.81. The summed E-state index contributed by atoms with van der Waals surface area (Å²) in [6.07, 6.45) is 1.18. The van der Waals surface area contributed by atoms with E-state index in [1.54, 1.807) is 0 Å². The number of rotatable bonds is 8. The number of hydrogen-bond acceptors (Lipinski definition) is 4. The van der Waals surface area contributed by atoms with Gasteiger partial charge in [0.25, 0.3) is 0 Å². The van der Waals surface area contributed by atoms with E-state index in [0.29, 0.717) is 19.0 Å². The molecule has 4 rings (SSSR count). The van der Waals surface area contributed by atoms with Crippen LogP contribution in [0.4, 0.5) is 5.82 Å². The number of benzene rings is 2. The van der Waals surface area contributed by atoms with Gasteiger partial charge in [-0.05, 0) is 30.2 Å². The van der Waals surface area contributed by atoms with E-state index in [0.717, 1.165) is 35.5 Å². The molecule has 0 aliphatic carbocycles. The molecule has 2 amide bonds. The monoisotopic (exact) mass is 418 g/mol. The van der Waals surface area contributed by atoms with Gasteiger partial charge >= 0.3 is 0 Å². The fraction of sp³-hybridized carbons (Fsp3) is 0.292. The van der Waals surface area contributed by atoms with Crippen molar-refractivity contribution in [1.82, 2.24) is 15.1 Å². The molecule has 1 aromatic heterocycles. The van der Waals surface area contributed by atoms with E-state index in [4.69, 9.17) is 4.74 Å². The van der Waals surface area contributed by atoms with Crippen molar-refractivity contribution in [3.05, 3.63) is 66.2 Å². The number of hydrogen-bond donors (Lipinski definition) is 2. The average molecular weight is 418 g/mol. The predicted molar refractivity (Wildman–Crippen MR) is 119 cm³/mol. The Balaban J connectivity index is 1.64. The lowest BCUT2D eigenvalue weighted by atomic mass is 10.1. The minimum atomic E-state index is -0.378. The molecule has 1 aliphatic heterocycles. The molecule has 1 saturated heterocycles. The molecule has 7 heteroatoms. The number of nitrogens with zero attached hydrogens (tertiary/aromatic N) is 2. The zero-order chi connectivity index (χ0) is 21.6. The second kappa shape index (κ2) is 9.57. The maximum absolute atomic E-state index is 12.6. The Morgan fingerprint density at radius 3 is 2.77 bits per heavy atom. The molecule has 1 atom stereocenters. The molecule has 2 heterocycles. The molecular formula is C24H26N4O3. The molecule has 0 unspecified atom stereocenters. The summed E-state index contributed by atoms with van der Waals surface area (Å²) < 4.78 is 7.50. The lowest BCUT2D eigenvalue weighted by molar-refractivity contribution is -0.123. The quantitative estimate of drug-likeness (QED) is 0.548. The highest BCUT2D eigenvalue weighted by molar-refractivity contribution is 5.97. The fourth-order valence-electron chi connectivity index (χ4n) is 3.59. The highest BCUT2D eigenvalue weighted by atomic mass is 16.5. The smallest absolute Gasteiger partial charge is 0.230 e. The largest absolute Gasteiger partial charge is 0.377 e. The van der Waals surface area contributed by atoms with Crippen LogP contribution in [-0.2, 0) is 20.9 Å². The summed E-state index contributed by atoms with van der Waals surface area (Å²) in [7, 11) is 0. The fourth-order valence-corrected chi connectivity index (χ4v) is 3.59. The van der Waals surface area contributed by atoms with E-state index in [1.165, 1.54) is 0 Å². The number of para-hydroxylation sites is 1. The highest BCUT2D eigenvalue weighted by Crippen LogP contribution is 2.27. The third-order valence-electron chi connectivity index (χ3n) is 5.15. The van der Waals surface area contributed by atoms with Crippen LogP contribution in [0.1, 0.15) is 25.3 Å². The SMILES string of the molecule is CCCOCc1cccc(-c2cc(NC(=O)[C@@H]3CNC(=O)C3)nn2-c2ccccc2)c1. The van der Waals surface area contributed by atoms with Crippen LogP contribution >= 0.6 is 0 Å². The van der Waals surface area contributed by atoms with Crippen LogP contribution in [0.25, 0.3) is 16.9 Å². The summed E-state index contributed by atoms with van der Waals surface area (Å²) in [4.78, 5) is 24.0. The molecule has 2 aromatic carbocycles. The first kappa shape index (κ1) is 20.8. The number of amides is 2. The Hall–Kier alpha value is -3.45. The van der Waals surface area contributed by atoms with Gasteiger partial charge in [-0.1, -0.05) is 43.3 Å². The van der Waals surface area contributed by atoms with Gasteiger partial charge in [0.1, 0.15) is 0 Å². The summed E-state index contributed by atoms with van der Waals surface area (Å²) in [5.74, 6) is -0.227. The van der Waals surface area contributed by atoms with Crippen molar-refractivity contribution in [2.24, 2.45) is 5.92 Å². The Kier molecular flexibility index (Phi) is 6.43. The number of carbonyl (C=O) groups excluding carboxylic acids is 2. The lowest BCUT2D eigenvalue weighted by Gasteiger charge is -2.09. The third-order valence-corrected chi connectivity index (χ3v) is 5.15. The van der Waals surface area contributed by atoms with E-state index in [9.17, 15) is 9.59 Å². The van der Waals surface area contributed by atoms with Gasteiger partial charge in [-0.25, -0.2) is 4.68 Å². The minimum Gasteiger partial charge on any atom is -0.377 e. The number of nitrogens with one attached hydrogen (secondary N) is 2. The normalized spacial score (nSPS) is 15.6. The third kappa shape index (κ3) is 5.00. The molecule has 1 aliphatic rings. The van der Waals surface area contributed by atoms with E-state index >= 15 is 0 Å². The van der Waals surface area contributed by atoms with E-state index in [-0.39, 0.29) is 24.2 Å². The maximum atomic E-state index is 12.6. The van der Waals surface area contributed by atoms with Crippen molar-refractivity contribution in [3.8, 4) is 16.9 Å². The Morgan fingerprint density at radius 1 is 1.19 bits per heavy atom. The van der Waals surface area contributed by atoms with Crippen LogP contribution in [0.15, 0.2) is 60.7 Å². The molecule has 7 nitrogen and oxygen atoms in total. The first-order valence-corrected chi connectivity index (χ1v) is 10.5. The van der Waals surface area contributed by atoms with Crippen LogP contribution in [-0.4, -0.2) is 34.7 Å². The van der Waals surface area contributed by atoms with Crippen molar-refractivity contribution < 1.29 is 14.3 Å². The van der Waals surface area contributed by atoms with E-state index in [1.807, 2.05) is 59.3 Å². The molecule has 0 spiro atoms. The van der Waals surface area contributed by atoms with Crippen molar-refractivity contribution in [1.29, 1.82) is 0 Å². The van der Waals surface area contributed by atoms with E-state index in [2.05, 4.69) is 28.7 Å². The second-order valence-electron chi connectivity index (χ2n) is 7.61. The van der Waals surface area contributed by atoms with Crippen molar-refractivity contribution in [3.63, 3.8) is 0 Å². The zero-order valence-corrected chi connectivity index (χ0v) is 17.5. The summed E-state index contributed by atoms with van der Waals surface area (Å²) in [6.45, 7) is 3.72. The van der Waals surface area contributed by atoms with Crippen LogP contribution in [0.2, 0.25) is 0 Å². The molecule has 1 fully saturated rings. The van der Waals surface area contributed by atoms with Crippen molar-refractivity contribution >= 4 is 17.6 Å². The molecule has 0 saturated carbocycles. The molecule has 31 heavy (non-hydrogen) atoms. The standard InChI is InChI=1S/C24H26N4O3/c1-2-11-31-16-17-7-6-8-18(12-17)21-14-22(26-24(30)19-13-23(29)25-15-19)27-28(21)20-9-4-3-5-10-20/h3-10,12,14,19H,2,11,13,15-16H2,1H3,(H,25,29)(H,26,27,30)/t19-/m0/s1. The summed E-state index contributed by atoms with van der Waals surface area (Å²) >= 11 is 0. The predicted octanol–water partition coefficient (Wildman–Crippen LogP) is 3.54. The van der Waals surface area contributed by atoms with Gasteiger partial charge in [0, 0.05) is 31.2 Å². The molecule has 2 N–H and O–H groups in total. The topological polar surface area (TPSA) is 85.2 Å². The first-order chi connectivity index (χ1) is 15.1. The molecule has 0 bridgehead atoms. The zero-order valence-electron chi connectivity index (χ0n) is 17.5. The van der Waals surface area contributed by atoms with Crippen LogP contribution in [0.5, 0.6) is 0 Å². The van der Waals surface area contributed by atoms with Crippen molar-refractivity contribution in [2.45, 2.75) is 26.4 Å². The summed E-state index contributed by atoms with van der Waals surface area (Å²) in [5, 5.41) is 10.2. The number of ether oxygens (including phenoxy) is 1. The Morgan fingerprint density at radius 2 is 2.03 bits per heavy atom. The Labute approximate surface area is 181 Å². The van der Waals surface area contributed by atoms with Gasteiger partial charge in [-0.15, -0.1) is 5.10 Å². The molecule has 3 aromatic rings. The Bertz CT molecular complexity index is 1060. The lowest BCUT2D eigenvalue weighted by Crippen LogP contribution is -2.24. The number of anilines is 1.